The topological polar surface area (TPSA) is 0 Å². The summed E-state index contributed by atoms with van der Waals surface area (Å²) in [6.45, 7) is 2.35. The Bertz CT molecular complexity index is 501. The van der Waals surface area contributed by atoms with Gasteiger partial charge in [0.25, 0.3) is 0 Å². The summed E-state index contributed by atoms with van der Waals surface area (Å²) in [6.07, 6.45) is 0. The second-order valence-corrected chi connectivity index (χ2v) is 8.92. The molecule has 4 aliphatic heterocycles. The Balaban J connectivity index is 2.08. The molecule has 4 bridgehead atoms. The third-order valence-electron chi connectivity index (χ3n) is 2.86. The van der Waals surface area contributed by atoms with Crippen molar-refractivity contribution in [3.8, 4) is 11.1 Å². The van der Waals surface area contributed by atoms with Crippen LogP contribution in [0.4, 0.5) is 0 Å². The first-order chi connectivity index (χ1) is 8.31. The van der Waals surface area contributed by atoms with Crippen LogP contribution in [0.15, 0.2) is 53.4 Å². The van der Waals surface area contributed by atoms with Gasteiger partial charge in [0, 0.05) is 0 Å². The van der Waals surface area contributed by atoms with Crippen LogP contribution in [0, 0.1) is 0 Å². The number of rotatable bonds is 0. The van der Waals surface area contributed by atoms with Gasteiger partial charge in [-0.2, -0.15) is 0 Å². The fraction of sp³-hybridized carbons (Fsp3) is 0.200. The fourth-order valence-electron chi connectivity index (χ4n) is 1.95. The zero-order chi connectivity index (χ0) is 11.7. The first-order valence-electron chi connectivity index (χ1n) is 5.81. The standard InChI is InChI=1S/C15H14STe/c1-11-10-17-15-8-4-13(5-9-15)12-2-6-14(16-11)7-3-12/h2-9,11H,10H2,1H3. The van der Waals surface area contributed by atoms with E-state index >= 15 is 0 Å². The van der Waals surface area contributed by atoms with E-state index in [-0.39, 0.29) is 20.9 Å². The summed E-state index contributed by atoms with van der Waals surface area (Å²) in [7, 11) is 0. The van der Waals surface area contributed by atoms with Gasteiger partial charge in [-0.25, -0.2) is 0 Å². The average Bonchev–Trinajstić information content (AvgIpc) is 2.36. The van der Waals surface area contributed by atoms with Crippen molar-refractivity contribution in [3.63, 3.8) is 0 Å². The Kier molecular flexibility index (Phi) is 3.47. The second kappa shape index (κ2) is 5.06. The van der Waals surface area contributed by atoms with Crippen LogP contribution < -0.4 is 3.61 Å². The van der Waals surface area contributed by atoms with Crippen molar-refractivity contribution in [2.75, 3.05) is 0 Å². The molecule has 0 saturated carbocycles. The summed E-state index contributed by atoms with van der Waals surface area (Å²) in [5.41, 5.74) is 2.67. The summed E-state index contributed by atoms with van der Waals surface area (Å²) in [6, 6.07) is 18.2. The molecule has 0 N–H and O–H groups in total. The number of hydrogen-bond acceptors (Lipinski definition) is 1. The molecule has 4 aliphatic rings. The summed E-state index contributed by atoms with van der Waals surface area (Å²) >= 11 is 2.01. The van der Waals surface area contributed by atoms with Gasteiger partial charge in [-0.1, -0.05) is 0 Å². The van der Waals surface area contributed by atoms with Gasteiger partial charge < -0.3 is 0 Å². The van der Waals surface area contributed by atoms with Crippen LogP contribution in [-0.2, 0) is 0 Å². The molecule has 0 amide bonds. The van der Waals surface area contributed by atoms with E-state index in [1.165, 1.54) is 20.5 Å². The van der Waals surface area contributed by atoms with E-state index in [0.717, 1.165) is 5.25 Å². The van der Waals surface area contributed by atoms with E-state index in [4.69, 9.17) is 0 Å². The molecule has 0 saturated heterocycles. The molecule has 1 atom stereocenters. The minimum absolute atomic E-state index is 0.00448. The molecule has 2 heteroatoms. The Hall–Kier alpha value is -0.420. The molecular weight excluding hydrogens is 340 g/mol. The van der Waals surface area contributed by atoms with Crippen LogP contribution >= 0.6 is 11.8 Å². The zero-order valence-electron chi connectivity index (χ0n) is 9.72. The molecule has 0 aliphatic carbocycles. The molecule has 2 aromatic rings. The zero-order valence-corrected chi connectivity index (χ0v) is 12.9. The molecule has 0 nitrogen and oxygen atoms in total. The number of benzene rings is 2. The van der Waals surface area contributed by atoms with Gasteiger partial charge in [-0.05, 0) is 0 Å². The molecule has 17 heavy (non-hydrogen) atoms. The van der Waals surface area contributed by atoms with Gasteiger partial charge in [0.05, 0.1) is 0 Å². The van der Waals surface area contributed by atoms with Crippen molar-refractivity contribution < 1.29 is 0 Å². The molecule has 4 heterocycles. The van der Waals surface area contributed by atoms with Gasteiger partial charge in [0.15, 0.2) is 0 Å². The quantitative estimate of drug-likeness (QED) is 0.652. The fourth-order valence-corrected chi connectivity index (χ4v) is 5.97. The molecular formula is C15H14STe. The normalized spacial score (nSPS) is 18.8. The third kappa shape index (κ3) is 2.71. The molecule has 6 rings (SSSR count). The van der Waals surface area contributed by atoms with Crippen molar-refractivity contribution >= 4 is 36.3 Å². The van der Waals surface area contributed by atoms with Gasteiger partial charge >= 0.3 is 117 Å². The summed E-state index contributed by atoms with van der Waals surface area (Å²) in [4.78, 5) is 1.41. The maximum absolute atomic E-state index is 2.35. The molecule has 1 unspecified atom stereocenters. The molecule has 0 spiro atoms. The van der Waals surface area contributed by atoms with Gasteiger partial charge in [0.1, 0.15) is 0 Å². The van der Waals surface area contributed by atoms with E-state index < -0.39 is 0 Å². The van der Waals surface area contributed by atoms with E-state index in [2.05, 4.69) is 55.5 Å². The molecule has 2 aromatic carbocycles. The minimum atomic E-state index is -0.00448. The number of thioether (sulfide) groups is 1. The predicted molar refractivity (Wildman–Crippen MR) is 77.4 cm³/mol. The molecule has 0 aromatic heterocycles. The summed E-state index contributed by atoms with van der Waals surface area (Å²) in [5.74, 6) is 0. The summed E-state index contributed by atoms with van der Waals surface area (Å²) < 4.78 is 2.96. The first-order valence-corrected chi connectivity index (χ1v) is 9.50. The van der Waals surface area contributed by atoms with Gasteiger partial charge in [-0.15, -0.1) is 0 Å². The van der Waals surface area contributed by atoms with Crippen LogP contribution in [0.3, 0.4) is 0 Å². The van der Waals surface area contributed by atoms with Crippen LogP contribution in [0.5, 0.6) is 0 Å². The van der Waals surface area contributed by atoms with Crippen molar-refractivity contribution in [2.24, 2.45) is 0 Å². The monoisotopic (exact) mass is 356 g/mol. The first kappa shape index (κ1) is 11.7. The van der Waals surface area contributed by atoms with Crippen molar-refractivity contribution in [2.45, 2.75) is 21.5 Å². The maximum atomic E-state index is 2.35. The van der Waals surface area contributed by atoms with Crippen LogP contribution in [-0.4, -0.2) is 26.2 Å². The van der Waals surface area contributed by atoms with Gasteiger partial charge in [-0.3, -0.25) is 0 Å². The summed E-state index contributed by atoms with van der Waals surface area (Å²) in [5, 5.41) is 0.738. The SMILES string of the molecule is CC1C[Te]c2ccc(cc2)-c2ccc(cc2)S1. The average molecular weight is 354 g/mol. The van der Waals surface area contributed by atoms with Crippen molar-refractivity contribution in [1.82, 2.24) is 0 Å². The van der Waals surface area contributed by atoms with E-state index in [1.807, 2.05) is 11.8 Å². The van der Waals surface area contributed by atoms with Crippen LogP contribution in [0.2, 0.25) is 4.47 Å². The van der Waals surface area contributed by atoms with Crippen molar-refractivity contribution in [3.05, 3.63) is 48.5 Å². The van der Waals surface area contributed by atoms with Crippen LogP contribution in [0.25, 0.3) is 11.1 Å². The third-order valence-corrected chi connectivity index (χ3v) is 8.27. The van der Waals surface area contributed by atoms with Crippen molar-refractivity contribution in [1.29, 1.82) is 0 Å². The Morgan fingerprint density at radius 2 is 1.53 bits per heavy atom. The van der Waals surface area contributed by atoms with Crippen LogP contribution in [0.1, 0.15) is 6.92 Å². The number of hydrogen-bond donors (Lipinski definition) is 0. The second-order valence-electron chi connectivity index (χ2n) is 4.29. The molecule has 86 valence electrons. The van der Waals surface area contributed by atoms with Gasteiger partial charge in [0.2, 0.25) is 0 Å². The molecule has 0 fully saturated rings. The predicted octanol–water partition coefficient (Wildman–Crippen LogP) is 3.60. The Morgan fingerprint density at radius 3 is 2.18 bits per heavy atom. The Labute approximate surface area is 117 Å². The van der Waals surface area contributed by atoms with E-state index in [9.17, 15) is 0 Å². The Morgan fingerprint density at radius 1 is 0.941 bits per heavy atom. The van der Waals surface area contributed by atoms with E-state index in [1.54, 1.807) is 3.61 Å². The van der Waals surface area contributed by atoms with E-state index in [0.29, 0.717) is 0 Å². The molecule has 0 radical (unpaired) electrons.